The molecule has 1 aromatic heterocycles. The van der Waals surface area contributed by atoms with Crippen LogP contribution in [0, 0.1) is 13.8 Å². The van der Waals surface area contributed by atoms with Crippen molar-refractivity contribution in [3.05, 3.63) is 71.2 Å². The summed E-state index contributed by atoms with van der Waals surface area (Å²) in [6.45, 7) is 9.39. The van der Waals surface area contributed by atoms with Gasteiger partial charge >= 0.3 is 5.97 Å². The average Bonchev–Trinajstić information content (AvgIpc) is 3.14. The fourth-order valence-electron chi connectivity index (χ4n) is 3.77. The number of aryl methyl sites for hydroxylation is 2. The number of aromatic nitrogens is 1. The van der Waals surface area contributed by atoms with Crippen LogP contribution in [0.4, 0.5) is 0 Å². The van der Waals surface area contributed by atoms with Gasteiger partial charge in [0.15, 0.2) is 0 Å². The number of fused-ring (bicyclic) bond motifs is 3. The summed E-state index contributed by atoms with van der Waals surface area (Å²) in [5.74, 6) is -1.06. The first-order valence-corrected chi connectivity index (χ1v) is 13.5. The number of methoxy groups -OCH3 is 1. The lowest BCUT2D eigenvalue weighted by molar-refractivity contribution is -0.713. The van der Waals surface area contributed by atoms with Crippen molar-refractivity contribution in [1.29, 1.82) is 0 Å². The molecule has 9 heteroatoms. The van der Waals surface area contributed by atoms with Crippen molar-refractivity contribution in [3.8, 4) is 0 Å². The third-order valence-electron chi connectivity index (χ3n) is 5.48. The topological polar surface area (TPSA) is 88.8 Å². The van der Waals surface area contributed by atoms with Crippen molar-refractivity contribution in [1.82, 2.24) is 0 Å². The molecule has 0 aliphatic rings. The maximum Gasteiger partial charge on any atom is 0.345 e. The molecule has 0 spiro atoms. The fourth-order valence-corrected chi connectivity index (χ4v) is 5.39. The van der Waals surface area contributed by atoms with Gasteiger partial charge in [0.1, 0.15) is 14.8 Å². The Hall–Kier alpha value is -2.40. The highest BCUT2D eigenvalue weighted by atomic mass is 32.2. The lowest BCUT2D eigenvalue weighted by atomic mass is 10.1. The largest absolute Gasteiger partial charge is 0.744 e. The second kappa shape index (κ2) is 11.6. The van der Waals surface area contributed by atoms with Crippen LogP contribution < -0.4 is 4.57 Å². The normalized spacial score (nSPS) is 12.1. The summed E-state index contributed by atoms with van der Waals surface area (Å²) in [5, 5.41) is 3.73. The maximum atomic E-state index is 10.4. The van der Waals surface area contributed by atoms with E-state index in [0.29, 0.717) is 19.8 Å². The summed E-state index contributed by atoms with van der Waals surface area (Å²) in [5.41, 5.74) is 2.11. The van der Waals surface area contributed by atoms with E-state index in [1.165, 1.54) is 38.1 Å². The Morgan fingerprint density at radius 1 is 0.943 bits per heavy atom. The minimum absolute atomic E-state index is 0.178. The fraction of sp³-hybridized carbons (Fsp3) is 0.346. The van der Waals surface area contributed by atoms with E-state index in [4.69, 9.17) is 14.2 Å². The number of rotatable bonds is 8. The Morgan fingerprint density at radius 2 is 1.57 bits per heavy atom. The molecule has 188 valence electrons. The van der Waals surface area contributed by atoms with Crippen LogP contribution in [0.2, 0.25) is 0 Å². The lowest BCUT2D eigenvalue weighted by Crippen LogP contribution is -2.53. The van der Waals surface area contributed by atoms with Crippen LogP contribution in [0.1, 0.15) is 24.4 Å². The van der Waals surface area contributed by atoms with Gasteiger partial charge in [0, 0.05) is 38.7 Å². The number of hydrogen-bond acceptors (Lipinski definition) is 7. The van der Waals surface area contributed by atoms with E-state index in [0.717, 1.165) is 5.56 Å². The van der Waals surface area contributed by atoms with Crippen molar-refractivity contribution < 1.29 is 31.7 Å². The van der Waals surface area contributed by atoms with Crippen LogP contribution in [0.3, 0.4) is 0 Å². The Labute approximate surface area is 210 Å². The minimum atomic E-state index is -4.27. The van der Waals surface area contributed by atoms with Crippen molar-refractivity contribution in [3.63, 3.8) is 0 Å². The van der Waals surface area contributed by atoms with E-state index in [2.05, 4.69) is 47.9 Å². The molecule has 3 aromatic carbocycles. The molecule has 0 bridgehead atoms. The first-order valence-electron chi connectivity index (χ1n) is 11.3. The monoisotopic (exact) mass is 517 g/mol. The number of benzene rings is 3. The molecule has 0 unspecified atom stereocenters. The number of ether oxygens (including phenoxy) is 3. The Bertz CT molecular complexity index is 1370. The van der Waals surface area contributed by atoms with E-state index in [1.807, 2.05) is 20.8 Å². The second-order valence-corrected chi connectivity index (χ2v) is 10.4. The summed E-state index contributed by atoms with van der Waals surface area (Å²) >= 11 is 1.79. The molecule has 0 saturated carbocycles. The van der Waals surface area contributed by atoms with Crippen LogP contribution in [-0.2, 0) is 30.9 Å². The Kier molecular flexibility index (Phi) is 8.98. The van der Waals surface area contributed by atoms with Gasteiger partial charge in [-0.15, -0.1) is 0 Å². The van der Waals surface area contributed by atoms with Gasteiger partial charge in [-0.25, -0.2) is 8.42 Å². The first-order chi connectivity index (χ1) is 16.6. The number of hydrogen-bond donors (Lipinski definition) is 0. The quantitative estimate of drug-likeness (QED) is 0.187. The molecule has 0 N–H and O–H groups in total. The lowest BCUT2D eigenvalue weighted by Gasteiger charge is -2.28. The molecule has 0 aliphatic heterocycles. The predicted octanol–water partition coefficient (Wildman–Crippen LogP) is 4.92. The molecule has 0 amide bonds. The Morgan fingerprint density at radius 3 is 2.14 bits per heavy atom. The third-order valence-corrected chi connectivity index (χ3v) is 7.48. The molecule has 0 atom stereocenters. The summed E-state index contributed by atoms with van der Waals surface area (Å²) < 4.78 is 51.9. The first kappa shape index (κ1) is 27.2. The van der Waals surface area contributed by atoms with Crippen LogP contribution in [0.15, 0.2) is 65.6 Å². The van der Waals surface area contributed by atoms with Gasteiger partial charge in [-0.1, -0.05) is 53.3 Å². The van der Waals surface area contributed by atoms with Gasteiger partial charge in [-0.05, 0) is 44.4 Å². The SMILES string of the molecule is CCOC(C[n+]1c(C)sc2c3ccccc3ccc21)(OC)OCC.Cc1ccc(S(=O)(=O)[O-])cc1. The van der Waals surface area contributed by atoms with Crippen molar-refractivity contribution >= 4 is 42.4 Å². The zero-order chi connectivity index (χ0) is 25.6. The van der Waals surface area contributed by atoms with E-state index >= 15 is 0 Å². The smallest absolute Gasteiger partial charge is 0.345 e. The molecule has 7 nitrogen and oxygen atoms in total. The zero-order valence-corrected chi connectivity index (χ0v) is 22.2. The molecule has 1 heterocycles. The zero-order valence-electron chi connectivity index (χ0n) is 20.6. The molecule has 0 radical (unpaired) electrons. The van der Waals surface area contributed by atoms with Crippen molar-refractivity contribution in [2.24, 2.45) is 0 Å². The summed E-state index contributed by atoms with van der Waals surface area (Å²) in [4.78, 5) is -0.178. The van der Waals surface area contributed by atoms with Gasteiger partial charge < -0.3 is 18.8 Å². The van der Waals surface area contributed by atoms with E-state index in [1.54, 1.807) is 30.6 Å². The molecule has 35 heavy (non-hydrogen) atoms. The Balaban J connectivity index is 0.000000261. The van der Waals surface area contributed by atoms with Crippen molar-refractivity contribution in [2.45, 2.75) is 45.1 Å². The maximum absolute atomic E-state index is 10.4. The molecule has 0 saturated heterocycles. The van der Waals surface area contributed by atoms with E-state index in [9.17, 15) is 13.0 Å². The highest BCUT2D eigenvalue weighted by Crippen LogP contribution is 2.30. The van der Waals surface area contributed by atoms with Gasteiger partial charge in [0.05, 0.1) is 4.90 Å². The minimum Gasteiger partial charge on any atom is -0.744 e. The number of thiazole rings is 1. The summed E-state index contributed by atoms with van der Waals surface area (Å²) in [7, 11) is -2.64. The van der Waals surface area contributed by atoms with E-state index < -0.39 is 16.1 Å². The molecule has 0 aliphatic carbocycles. The highest BCUT2D eigenvalue weighted by molar-refractivity contribution is 7.85. The van der Waals surface area contributed by atoms with E-state index in [-0.39, 0.29) is 4.90 Å². The molecular weight excluding hydrogens is 486 g/mol. The molecule has 0 fully saturated rings. The molecule has 4 rings (SSSR count). The summed E-state index contributed by atoms with van der Waals surface area (Å²) in [6.07, 6.45) is 0. The van der Waals surface area contributed by atoms with Gasteiger partial charge in [-0.2, -0.15) is 4.57 Å². The van der Waals surface area contributed by atoms with Crippen LogP contribution in [-0.4, -0.2) is 39.3 Å². The predicted molar refractivity (Wildman–Crippen MR) is 136 cm³/mol. The van der Waals surface area contributed by atoms with Crippen LogP contribution in [0.25, 0.3) is 21.0 Å². The molecular formula is C26H31NO6S2. The van der Waals surface area contributed by atoms with Gasteiger partial charge in [0.2, 0.25) is 17.1 Å². The third kappa shape index (κ3) is 6.43. The molecule has 4 aromatic rings. The highest BCUT2D eigenvalue weighted by Gasteiger charge is 2.39. The van der Waals surface area contributed by atoms with Crippen LogP contribution >= 0.6 is 11.3 Å². The standard InChI is InChI=1S/C19H24NO3S.C7H8O3S/c1-5-22-19(21-4,23-6-2)13-20-14(3)24-18-16-10-8-7-9-15(16)11-12-17(18)20;1-6-2-4-7(5-3-6)11(8,9)10/h7-12H,5-6,13H2,1-4H3;2-5H,1H3,(H,8,9,10)/q+1;/p-1. The van der Waals surface area contributed by atoms with Gasteiger partial charge in [0.25, 0.3) is 0 Å². The van der Waals surface area contributed by atoms with Gasteiger partial charge in [-0.3, -0.25) is 0 Å². The number of nitrogens with zero attached hydrogens (tertiary/aromatic N) is 1. The van der Waals surface area contributed by atoms with Crippen LogP contribution in [0.5, 0.6) is 0 Å². The second-order valence-electron chi connectivity index (χ2n) is 7.86. The average molecular weight is 518 g/mol. The summed E-state index contributed by atoms with van der Waals surface area (Å²) in [6, 6.07) is 18.6. The van der Waals surface area contributed by atoms with Crippen molar-refractivity contribution in [2.75, 3.05) is 20.3 Å².